The lowest BCUT2D eigenvalue weighted by Gasteiger charge is -2.21. The Labute approximate surface area is 191 Å². The van der Waals surface area contributed by atoms with E-state index in [1.54, 1.807) is 7.05 Å². The summed E-state index contributed by atoms with van der Waals surface area (Å²) >= 11 is 0. The number of benzene rings is 1. The van der Waals surface area contributed by atoms with E-state index in [9.17, 15) is 4.79 Å². The Hall–Kier alpha value is -1.39. The average molecular weight is 518 g/mol. The van der Waals surface area contributed by atoms with Crippen LogP contribution in [0.2, 0.25) is 0 Å². The first-order chi connectivity index (χ1) is 13.7. The number of carbonyl (C=O) groups excluding carboxylic acids is 1. The highest BCUT2D eigenvalue weighted by atomic mass is 127. The van der Waals surface area contributed by atoms with Crippen LogP contribution in [0.1, 0.15) is 42.1 Å². The van der Waals surface area contributed by atoms with Crippen molar-refractivity contribution in [2.24, 2.45) is 10.9 Å². The van der Waals surface area contributed by atoms with Crippen LogP contribution in [0.15, 0.2) is 29.3 Å². The smallest absolute Gasteiger partial charge is 0.251 e. The van der Waals surface area contributed by atoms with Gasteiger partial charge in [0.1, 0.15) is 0 Å². The fraction of sp³-hybridized carbons (Fsp3) is 0.619. The number of nitrogens with one attached hydrogen (secondary N) is 3. The Balaban J connectivity index is 0.00000420. The molecule has 164 valence electrons. The Morgan fingerprint density at radius 3 is 2.59 bits per heavy atom. The number of ether oxygens (including phenoxy) is 2. The van der Waals surface area contributed by atoms with E-state index in [0.717, 1.165) is 70.3 Å². The number of halogens is 1. The van der Waals surface area contributed by atoms with Gasteiger partial charge in [0.15, 0.2) is 5.96 Å². The molecule has 1 aliphatic rings. The van der Waals surface area contributed by atoms with Crippen LogP contribution in [0.25, 0.3) is 0 Å². The molecule has 1 heterocycles. The summed E-state index contributed by atoms with van der Waals surface area (Å²) in [5, 5.41) is 9.22. The molecule has 29 heavy (non-hydrogen) atoms. The molecule has 3 N–H and O–H groups in total. The quantitative estimate of drug-likeness (QED) is 0.192. The number of guanidine groups is 1. The molecule has 0 bridgehead atoms. The molecular weight excluding hydrogens is 483 g/mol. The van der Waals surface area contributed by atoms with Gasteiger partial charge < -0.3 is 25.4 Å². The summed E-state index contributed by atoms with van der Waals surface area (Å²) in [7, 11) is 1.63. The van der Waals surface area contributed by atoms with E-state index in [0.29, 0.717) is 18.0 Å². The fourth-order valence-electron chi connectivity index (χ4n) is 2.96. The highest BCUT2D eigenvalue weighted by molar-refractivity contribution is 14.0. The number of hydrogen-bond donors (Lipinski definition) is 3. The Morgan fingerprint density at radius 1 is 1.21 bits per heavy atom. The molecule has 1 aromatic carbocycles. The Morgan fingerprint density at radius 2 is 1.93 bits per heavy atom. The third kappa shape index (κ3) is 10.3. The zero-order valence-corrected chi connectivity index (χ0v) is 19.9. The highest BCUT2D eigenvalue weighted by Gasteiger charge is 2.13. The molecule has 0 aliphatic carbocycles. The van der Waals surface area contributed by atoms with E-state index < -0.39 is 0 Å². The van der Waals surface area contributed by atoms with Gasteiger partial charge in [0.05, 0.1) is 6.54 Å². The van der Waals surface area contributed by atoms with Gasteiger partial charge in [-0.25, -0.2) is 4.99 Å². The minimum atomic E-state index is -0.0795. The van der Waals surface area contributed by atoms with Crippen molar-refractivity contribution in [2.75, 3.05) is 46.6 Å². The maximum Gasteiger partial charge on any atom is 0.251 e. The molecule has 2 rings (SSSR count). The summed E-state index contributed by atoms with van der Waals surface area (Å²) in [6, 6.07) is 7.50. The molecule has 8 heteroatoms. The summed E-state index contributed by atoms with van der Waals surface area (Å²) in [6.07, 6.45) is 3.16. The van der Waals surface area contributed by atoms with Crippen LogP contribution in [0, 0.1) is 5.92 Å². The minimum Gasteiger partial charge on any atom is -0.381 e. The van der Waals surface area contributed by atoms with Crippen molar-refractivity contribution in [1.29, 1.82) is 0 Å². The number of amides is 1. The van der Waals surface area contributed by atoms with Gasteiger partial charge in [-0.15, -0.1) is 24.0 Å². The molecule has 1 amide bonds. The van der Waals surface area contributed by atoms with Crippen molar-refractivity contribution in [3.63, 3.8) is 0 Å². The first-order valence-electron chi connectivity index (χ1n) is 10.2. The Kier molecular flexibility index (Phi) is 13.7. The summed E-state index contributed by atoms with van der Waals surface area (Å²) in [5.41, 5.74) is 1.71. The molecule has 7 nitrogen and oxygen atoms in total. The SMILES string of the molecule is CCNC(=NCc1ccc(C(=O)NC)cc1)NCCCOCC1CCOCC1.I. The van der Waals surface area contributed by atoms with Gasteiger partial charge in [-0.05, 0) is 49.8 Å². The lowest BCUT2D eigenvalue weighted by Crippen LogP contribution is -2.38. The molecule has 1 saturated heterocycles. The molecule has 0 atom stereocenters. The molecular formula is C21H35IN4O3. The molecule has 1 fully saturated rings. The minimum absolute atomic E-state index is 0. The third-order valence-corrected chi connectivity index (χ3v) is 4.66. The van der Waals surface area contributed by atoms with Crippen molar-refractivity contribution in [3.05, 3.63) is 35.4 Å². The molecule has 0 saturated carbocycles. The predicted molar refractivity (Wildman–Crippen MR) is 127 cm³/mol. The summed E-state index contributed by atoms with van der Waals surface area (Å²) in [6.45, 7) is 7.56. The maximum absolute atomic E-state index is 11.6. The van der Waals surface area contributed by atoms with Crippen molar-refractivity contribution in [2.45, 2.75) is 32.7 Å². The monoisotopic (exact) mass is 518 g/mol. The maximum atomic E-state index is 11.6. The second-order valence-electron chi connectivity index (χ2n) is 6.88. The van der Waals surface area contributed by atoms with Crippen LogP contribution in [0.3, 0.4) is 0 Å². The highest BCUT2D eigenvalue weighted by Crippen LogP contribution is 2.14. The lowest BCUT2D eigenvalue weighted by molar-refractivity contribution is 0.0203. The van der Waals surface area contributed by atoms with Gasteiger partial charge >= 0.3 is 0 Å². The summed E-state index contributed by atoms with van der Waals surface area (Å²) in [5.74, 6) is 1.36. The van der Waals surface area contributed by atoms with Gasteiger partial charge in [-0.1, -0.05) is 12.1 Å². The average Bonchev–Trinajstić information content (AvgIpc) is 2.75. The fourth-order valence-corrected chi connectivity index (χ4v) is 2.96. The molecule has 0 radical (unpaired) electrons. The van der Waals surface area contributed by atoms with Gasteiger partial charge in [0, 0.05) is 52.1 Å². The number of carbonyl (C=O) groups is 1. The van der Waals surface area contributed by atoms with Crippen molar-refractivity contribution >= 4 is 35.8 Å². The van der Waals surface area contributed by atoms with Gasteiger partial charge in [-0.2, -0.15) is 0 Å². The van der Waals surface area contributed by atoms with E-state index in [1.807, 2.05) is 31.2 Å². The van der Waals surface area contributed by atoms with Crippen LogP contribution < -0.4 is 16.0 Å². The zero-order valence-electron chi connectivity index (χ0n) is 17.5. The topological polar surface area (TPSA) is 84.0 Å². The second kappa shape index (κ2) is 15.4. The summed E-state index contributed by atoms with van der Waals surface area (Å²) < 4.78 is 11.2. The van der Waals surface area contributed by atoms with Crippen molar-refractivity contribution in [3.8, 4) is 0 Å². The van der Waals surface area contributed by atoms with E-state index in [1.165, 1.54) is 0 Å². The number of nitrogens with zero attached hydrogens (tertiary/aromatic N) is 1. The zero-order chi connectivity index (χ0) is 20.0. The van der Waals surface area contributed by atoms with E-state index in [4.69, 9.17) is 9.47 Å². The molecule has 1 aliphatic heterocycles. The van der Waals surface area contributed by atoms with Crippen LogP contribution in [0.4, 0.5) is 0 Å². The number of rotatable bonds is 10. The van der Waals surface area contributed by atoms with E-state index >= 15 is 0 Å². The normalized spacial score (nSPS) is 14.8. The predicted octanol–water partition coefficient (Wildman–Crippen LogP) is 2.55. The molecule has 0 spiro atoms. The first kappa shape index (κ1) is 25.6. The number of aliphatic imine (C=N–C) groups is 1. The standard InChI is InChI=1S/C21H34N4O3.HI/c1-3-23-21(24-11-4-12-28-16-18-9-13-27-14-10-18)25-15-17-5-7-19(8-6-17)20(26)22-2;/h5-8,18H,3-4,9-16H2,1-2H3,(H,22,26)(H2,23,24,25);1H. The largest absolute Gasteiger partial charge is 0.381 e. The molecule has 1 aromatic rings. The van der Waals surface area contributed by atoms with Gasteiger partial charge in [0.25, 0.3) is 5.91 Å². The van der Waals surface area contributed by atoms with Crippen LogP contribution >= 0.6 is 24.0 Å². The van der Waals surface area contributed by atoms with E-state index in [2.05, 4.69) is 20.9 Å². The lowest BCUT2D eigenvalue weighted by atomic mass is 10.0. The van der Waals surface area contributed by atoms with Crippen LogP contribution in [-0.2, 0) is 16.0 Å². The molecule has 0 unspecified atom stereocenters. The van der Waals surface area contributed by atoms with E-state index in [-0.39, 0.29) is 29.9 Å². The van der Waals surface area contributed by atoms with Crippen LogP contribution in [0.5, 0.6) is 0 Å². The van der Waals surface area contributed by atoms with Gasteiger partial charge in [-0.3, -0.25) is 4.79 Å². The third-order valence-electron chi connectivity index (χ3n) is 4.66. The molecule has 0 aromatic heterocycles. The summed E-state index contributed by atoms with van der Waals surface area (Å²) in [4.78, 5) is 16.2. The second-order valence-corrected chi connectivity index (χ2v) is 6.88. The number of hydrogen-bond acceptors (Lipinski definition) is 4. The van der Waals surface area contributed by atoms with Crippen LogP contribution in [-0.4, -0.2) is 58.4 Å². The Bertz CT molecular complexity index is 604. The van der Waals surface area contributed by atoms with Crippen molar-refractivity contribution in [1.82, 2.24) is 16.0 Å². The van der Waals surface area contributed by atoms with Crippen molar-refractivity contribution < 1.29 is 14.3 Å². The first-order valence-corrected chi connectivity index (χ1v) is 10.2. The van der Waals surface area contributed by atoms with Gasteiger partial charge in [0.2, 0.25) is 0 Å².